The maximum atomic E-state index is 13.7. The van der Waals surface area contributed by atoms with Crippen molar-refractivity contribution in [2.75, 3.05) is 6.61 Å². The van der Waals surface area contributed by atoms with E-state index in [4.69, 9.17) is 4.74 Å². The van der Waals surface area contributed by atoms with Crippen molar-refractivity contribution in [3.63, 3.8) is 0 Å². The molecule has 3 aliphatic rings. The SMILES string of the molecule is O=C1NC(=O)c2ccc3c4ccc5c6c(ccc(c7ccc1c2c73)c64)C(=O)N([C@@H]1CC(O)[C@@H](CO)O1)C5=O. The molecule has 1 unspecified atom stereocenters. The Morgan fingerprint density at radius 3 is 1.61 bits per heavy atom. The highest BCUT2D eigenvalue weighted by molar-refractivity contribution is 6.41. The molecule has 4 amide bonds. The highest BCUT2D eigenvalue weighted by Crippen LogP contribution is 2.46. The van der Waals surface area contributed by atoms with Gasteiger partial charge >= 0.3 is 0 Å². The molecule has 0 aliphatic carbocycles. The van der Waals surface area contributed by atoms with Crippen molar-refractivity contribution in [3.05, 3.63) is 70.8 Å². The second-order valence-electron chi connectivity index (χ2n) is 10.0. The first-order valence-electron chi connectivity index (χ1n) is 12.3. The lowest BCUT2D eigenvalue weighted by Crippen LogP contribution is -2.47. The summed E-state index contributed by atoms with van der Waals surface area (Å²) in [6.45, 7) is -0.422. The van der Waals surface area contributed by atoms with E-state index in [-0.39, 0.29) is 6.42 Å². The van der Waals surface area contributed by atoms with Gasteiger partial charge in [0.05, 0.1) is 12.7 Å². The third kappa shape index (κ3) is 2.46. The summed E-state index contributed by atoms with van der Waals surface area (Å²) in [7, 11) is 0. The molecule has 3 aliphatic heterocycles. The summed E-state index contributed by atoms with van der Waals surface area (Å²) in [4.78, 5) is 53.6. The Morgan fingerprint density at radius 2 is 1.16 bits per heavy atom. The number of rotatable bonds is 2. The Kier molecular flexibility index (Phi) is 4.04. The summed E-state index contributed by atoms with van der Waals surface area (Å²) in [6.07, 6.45) is -2.83. The predicted molar refractivity (Wildman–Crippen MR) is 136 cm³/mol. The number of ether oxygens (including phenoxy) is 1. The minimum atomic E-state index is -0.991. The minimum Gasteiger partial charge on any atom is -0.394 e. The van der Waals surface area contributed by atoms with E-state index in [0.29, 0.717) is 33.0 Å². The maximum Gasteiger partial charge on any atom is 0.263 e. The summed E-state index contributed by atoms with van der Waals surface area (Å²) in [5, 5.41) is 28.0. The summed E-state index contributed by atoms with van der Waals surface area (Å²) in [6, 6.07) is 14.1. The predicted octanol–water partition coefficient (Wildman–Crippen LogP) is 2.69. The largest absolute Gasteiger partial charge is 0.394 e. The topological polar surface area (TPSA) is 133 Å². The van der Waals surface area contributed by atoms with Crippen LogP contribution in [-0.2, 0) is 4.74 Å². The van der Waals surface area contributed by atoms with Gasteiger partial charge in [0.2, 0.25) is 0 Å². The van der Waals surface area contributed by atoms with E-state index in [9.17, 15) is 29.4 Å². The molecule has 9 nitrogen and oxygen atoms in total. The molecule has 8 rings (SSSR count). The lowest BCUT2D eigenvalue weighted by Gasteiger charge is -2.32. The molecule has 5 aromatic carbocycles. The maximum absolute atomic E-state index is 13.7. The molecule has 9 heteroatoms. The highest BCUT2D eigenvalue weighted by atomic mass is 16.5. The van der Waals surface area contributed by atoms with E-state index in [0.717, 1.165) is 37.2 Å². The standard InChI is InChI=1S/C29H18N2O7/c32-10-20-19(33)9-21(38-20)31-28(36)17-7-3-13-11-1-5-15-24-16(27(35)30-26(15)34)6-2-12(22(11)24)14-4-8-18(29(31)37)25(17)23(13)14/h1-8,19-21,32-33H,9-10H2,(H,30,34,35)/t19?,20-,21+/m1/s1. The molecule has 0 radical (unpaired) electrons. The fourth-order valence-electron chi connectivity index (χ4n) is 6.51. The van der Waals surface area contributed by atoms with Crippen molar-refractivity contribution in [1.82, 2.24) is 10.2 Å². The first-order valence-corrected chi connectivity index (χ1v) is 12.3. The summed E-state index contributed by atoms with van der Waals surface area (Å²) in [5.41, 5.74) is 1.54. The zero-order valence-electron chi connectivity index (χ0n) is 19.6. The molecule has 0 saturated carbocycles. The Morgan fingerprint density at radius 1 is 0.711 bits per heavy atom. The monoisotopic (exact) mass is 506 g/mol. The smallest absolute Gasteiger partial charge is 0.263 e. The Balaban J connectivity index is 1.43. The normalized spacial score (nSPS) is 23.0. The molecule has 186 valence electrons. The van der Waals surface area contributed by atoms with Crippen LogP contribution < -0.4 is 5.32 Å². The van der Waals surface area contributed by atoms with Crippen LogP contribution in [-0.4, -0.2) is 63.8 Å². The molecule has 5 aromatic rings. The molecule has 1 saturated heterocycles. The molecule has 0 spiro atoms. The molecule has 3 N–H and O–H groups in total. The summed E-state index contributed by atoms with van der Waals surface area (Å²) >= 11 is 0. The quantitative estimate of drug-likeness (QED) is 0.190. The van der Waals surface area contributed by atoms with Gasteiger partial charge in [0, 0.05) is 39.4 Å². The lowest BCUT2D eigenvalue weighted by atomic mass is 9.82. The Bertz CT molecular complexity index is 1840. The van der Waals surface area contributed by atoms with Crippen molar-refractivity contribution < 1.29 is 34.1 Å². The number of carbonyl (C=O) groups is 4. The number of aliphatic hydroxyl groups excluding tert-OH is 2. The number of hydrogen-bond donors (Lipinski definition) is 3. The molecule has 0 bridgehead atoms. The van der Waals surface area contributed by atoms with Crippen molar-refractivity contribution in [1.29, 1.82) is 0 Å². The summed E-state index contributed by atoms with van der Waals surface area (Å²) in [5.74, 6) is -1.94. The zero-order valence-corrected chi connectivity index (χ0v) is 19.6. The number of fused-ring (bicyclic) bond motifs is 2. The number of amides is 4. The molecule has 38 heavy (non-hydrogen) atoms. The lowest BCUT2D eigenvalue weighted by molar-refractivity contribution is -0.0600. The fraction of sp³-hybridized carbons (Fsp3) is 0.172. The van der Waals surface area contributed by atoms with Gasteiger partial charge in [0.15, 0.2) is 0 Å². The van der Waals surface area contributed by atoms with Crippen LogP contribution >= 0.6 is 0 Å². The van der Waals surface area contributed by atoms with Crippen LogP contribution in [0.1, 0.15) is 47.9 Å². The number of nitrogens with zero attached hydrogens (tertiary/aromatic N) is 1. The van der Waals surface area contributed by atoms with Crippen LogP contribution in [0, 0.1) is 0 Å². The molecule has 3 atom stereocenters. The van der Waals surface area contributed by atoms with Crippen LogP contribution in [0.3, 0.4) is 0 Å². The average molecular weight is 506 g/mol. The van der Waals surface area contributed by atoms with E-state index in [1.54, 1.807) is 24.3 Å². The van der Waals surface area contributed by atoms with Crippen LogP contribution in [0.25, 0.3) is 43.1 Å². The molecule has 1 fully saturated rings. The van der Waals surface area contributed by atoms with Gasteiger partial charge in [-0.2, -0.15) is 0 Å². The van der Waals surface area contributed by atoms with E-state index in [2.05, 4.69) is 5.32 Å². The third-order valence-electron chi connectivity index (χ3n) is 8.19. The average Bonchev–Trinajstić information content (AvgIpc) is 3.29. The third-order valence-corrected chi connectivity index (χ3v) is 8.19. The van der Waals surface area contributed by atoms with Crippen LogP contribution in [0.5, 0.6) is 0 Å². The Hall–Kier alpha value is -4.44. The number of nitrogens with one attached hydrogen (secondary N) is 1. The molecule has 0 aromatic heterocycles. The van der Waals surface area contributed by atoms with Crippen LogP contribution in [0.2, 0.25) is 0 Å². The number of imide groups is 2. The van der Waals surface area contributed by atoms with Crippen molar-refractivity contribution in [2.45, 2.75) is 24.9 Å². The number of aliphatic hydroxyl groups is 2. The zero-order chi connectivity index (χ0) is 26.0. The van der Waals surface area contributed by atoms with Crippen LogP contribution in [0.15, 0.2) is 48.5 Å². The molecule has 3 heterocycles. The van der Waals surface area contributed by atoms with Gasteiger partial charge in [-0.1, -0.05) is 24.3 Å². The van der Waals surface area contributed by atoms with E-state index >= 15 is 0 Å². The molecular weight excluding hydrogens is 488 g/mol. The van der Waals surface area contributed by atoms with Gasteiger partial charge in [-0.15, -0.1) is 0 Å². The van der Waals surface area contributed by atoms with E-state index in [1.165, 1.54) is 0 Å². The van der Waals surface area contributed by atoms with Gasteiger partial charge in [-0.3, -0.25) is 24.5 Å². The van der Waals surface area contributed by atoms with Gasteiger partial charge in [-0.25, -0.2) is 4.90 Å². The minimum absolute atomic E-state index is 0.0175. The Labute approximate surface area is 213 Å². The first kappa shape index (κ1) is 21.6. The van der Waals surface area contributed by atoms with E-state index in [1.807, 2.05) is 24.3 Å². The van der Waals surface area contributed by atoms with Gasteiger partial charge in [0.25, 0.3) is 23.6 Å². The van der Waals surface area contributed by atoms with Crippen molar-refractivity contribution >= 4 is 66.7 Å². The van der Waals surface area contributed by atoms with Crippen LogP contribution in [0.4, 0.5) is 0 Å². The second kappa shape index (κ2) is 7.11. The fourth-order valence-corrected chi connectivity index (χ4v) is 6.51. The number of benzene rings is 5. The van der Waals surface area contributed by atoms with Crippen molar-refractivity contribution in [2.24, 2.45) is 0 Å². The van der Waals surface area contributed by atoms with Gasteiger partial charge in [0.1, 0.15) is 12.3 Å². The number of hydrogen-bond acceptors (Lipinski definition) is 7. The molecular formula is C29H18N2O7. The number of carbonyl (C=O) groups excluding carboxylic acids is 4. The summed E-state index contributed by atoms with van der Waals surface area (Å²) < 4.78 is 5.66. The van der Waals surface area contributed by atoms with Crippen molar-refractivity contribution in [3.8, 4) is 0 Å². The van der Waals surface area contributed by atoms with Gasteiger partial charge in [-0.05, 0) is 56.6 Å². The van der Waals surface area contributed by atoms with Gasteiger partial charge < -0.3 is 14.9 Å². The van der Waals surface area contributed by atoms with E-state index < -0.39 is 48.7 Å². The first-order chi connectivity index (χ1) is 18.4. The second-order valence-corrected chi connectivity index (χ2v) is 10.0. The highest BCUT2D eigenvalue weighted by Gasteiger charge is 2.45.